The maximum Gasteiger partial charge on any atom is 0.256 e. The van der Waals surface area contributed by atoms with Crippen molar-refractivity contribution in [2.24, 2.45) is 0 Å². The van der Waals surface area contributed by atoms with Gasteiger partial charge in [0, 0.05) is 26.7 Å². The van der Waals surface area contributed by atoms with Gasteiger partial charge < -0.3 is 10.6 Å². The van der Waals surface area contributed by atoms with Crippen molar-refractivity contribution in [1.82, 2.24) is 0 Å². The van der Waals surface area contributed by atoms with Gasteiger partial charge in [-0.25, -0.2) is 0 Å². The average Bonchev–Trinajstić information content (AvgIpc) is 2.50. The molecule has 0 saturated heterocycles. The lowest BCUT2D eigenvalue weighted by Gasteiger charge is -2.20. The Morgan fingerprint density at radius 2 is 2.05 bits per heavy atom. The number of hydrogen-bond donors (Lipinski definition) is 2. The zero-order valence-electron chi connectivity index (χ0n) is 11.2. The van der Waals surface area contributed by atoms with Gasteiger partial charge in [-0.1, -0.05) is 22.0 Å². The van der Waals surface area contributed by atoms with Crippen LogP contribution in [-0.4, -0.2) is 12.5 Å². The fraction of sp³-hybridized carbons (Fsp3) is 0.188. The Labute approximate surface area is 140 Å². The molecule has 0 atom stereocenters. The van der Waals surface area contributed by atoms with Gasteiger partial charge in [0.1, 0.15) is 0 Å². The summed E-state index contributed by atoms with van der Waals surface area (Å²) in [6, 6.07) is 11.5. The smallest absolute Gasteiger partial charge is 0.256 e. The van der Waals surface area contributed by atoms with Crippen LogP contribution in [0.1, 0.15) is 22.3 Å². The van der Waals surface area contributed by atoms with Gasteiger partial charge in [0.2, 0.25) is 0 Å². The highest BCUT2D eigenvalue weighted by Gasteiger charge is 2.18. The predicted octanol–water partition coefficient (Wildman–Crippen LogP) is 4.82. The first-order valence-corrected chi connectivity index (χ1v) is 8.36. The van der Waals surface area contributed by atoms with E-state index in [0.29, 0.717) is 0 Å². The molecule has 0 unspecified atom stereocenters. The Kier molecular flexibility index (Phi) is 4.31. The zero-order chi connectivity index (χ0) is 14.8. The molecule has 5 heteroatoms. The highest BCUT2D eigenvalue weighted by molar-refractivity contribution is 9.11. The van der Waals surface area contributed by atoms with E-state index >= 15 is 0 Å². The van der Waals surface area contributed by atoms with Gasteiger partial charge in [-0.15, -0.1) is 0 Å². The highest BCUT2D eigenvalue weighted by atomic mass is 79.9. The quantitative estimate of drug-likeness (QED) is 0.746. The van der Waals surface area contributed by atoms with Gasteiger partial charge in [0.25, 0.3) is 5.91 Å². The summed E-state index contributed by atoms with van der Waals surface area (Å²) in [4.78, 5) is 12.6. The van der Waals surface area contributed by atoms with Crippen LogP contribution >= 0.6 is 31.9 Å². The maximum absolute atomic E-state index is 12.6. The monoisotopic (exact) mass is 408 g/mol. The van der Waals surface area contributed by atoms with E-state index in [1.54, 1.807) is 0 Å². The summed E-state index contributed by atoms with van der Waals surface area (Å²) in [6.07, 6.45) is 1.99. The molecule has 1 heterocycles. The summed E-state index contributed by atoms with van der Waals surface area (Å²) in [5, 5.41) is 6.32. The standard InChI is InChI=1S/C16H14Br2N2O/c17-10-6-7-13(18)15(9-10)20-16(21)12-3-1-5-14-11(12)4-2-8-19-14/h1,3,5-7,9,19H,2,4,8H2,(H,20,21). The molecule has 3 rings (SSSR count). The van der Waals surface area contributed by atoms with Gasteiger partial charge in [0.05, 0.1) is 5.69 Å². The topological polar surface area (TPSA) is 41.1 Å². The van der Waals surface area contributed by atoms with Crippen LogP contribution in [0, 0.1) is 0 Å². The molecule has 0 radical (unpaired) electrons. The van der Waals surface area contributed by atoms with E-state index in [9.17, 15) is 4.79 Å². The molecule has 0 aromatic heterocycles. The van der Waals surface area contributed by atoms with Crippen LogP contribution in [0.5, 0.6) is 0 Å². The molecule has 2 N–H and O–H groups in total. The highest BCUT2D eigenvalue weighted by Crippen LogP contribution is 2.29. The largest absolute Gasteiger partial charge is 0.385 e. The number of fused-ring (bicyclic) bond motifs is 1. The summed E-state index contributed by atoms with van der Waals surface area (Å²) in [7, 11) is 0. The second-order valence-corrected chi connectivity index (χ2v) is 6.71. The van der Waals surface area contributed by atoms with Crippen molar-refractivity contribution in [3.63, 3.8) is 0 Å². The number of nitrogens with one attached hydrogen (secondary N) is 2. The van der Waals surface area contributed by atoms with Crippen molar-refractivity contribution in [1.29, 1.82) is 0 Å². The number of halogens is 2. The fourth-order valence-corrected chi connectivity index (χ4v) is 3.21. The van der Waals surface area contributed by atoms with Gasteiger partial charge in [-0.05, 0) is 64.7 Å². The summed E-state index contributed by atoms with van der Waals surface area (Å²) >= 11 is 6.88. The van der Waals surface area contributed by atoms with Crippen LogP contribution in [0.25, 0.3) is 0 Å². The Hall–Kier alpha value is -1.33. The number of carbonyl (C=O) groups excluding carboxylic acids is 1. The lowest BCUT2D eigenvalue weighted by Crippen LogP contribution is -2.19. The van der Waals surface area contributed by atoms with Gasteiger partial charge in [-0.3, -0.25) is 4.79 Å². The molecule has 108 valence electrons. The van der Waals surface area contributed by atoms with Crippen LogP contribution in [0.4, 0.5) is 11.4 Å². The normalized spacial score (nSPS) is 13.2. The molecule has 1 aliphatic rings. The second kappa shape index (κ2) is 6.20. The number of carbonyl (C=O) groups is 1. The third-order valence-electron chi connectivity index (χ3n) is 3.52. The third-order valence-corrected chi connectivity index (χ3v) is 4.70. The van der Waals surface area contributed by atoms with Gasteiger partial charge >= 0.3 is 0 Å². The number of benzene rings is 2. The molecular formula is C16H14Br2N2O. The van der Waals surface area contributed by atoms with Crippen molar-refractivity contribution in [2.75, 3.05) is 17.2 Å². The first-order valence-electron chi connectivity index (χ1n) is 6.77. The van der Waals surface area contributed by atoms with E-state index in [4.69, 9.17) is 0 Å². The summed E-state index contributed by atoms with van der Waals surface area (Å²) < 4.78 is 1.79. The minimum atomic E-state index is -0.0747. The predicted molar refractivity (Wildman–Crippen MR) is 93.0 cm³/mol. The molecule has 0 aliphatic carbocycles. The van der Waals surface area contributed by atoms with Gasteiger partial charge in [-0.2, -0.15) is 0 Å². The van der Waals surface area contributed by atoms with E-state index in [0.717, 1.165) is 50.8 Å². The van der Waals surface area contributed by atoms with E-state index in [1.807, 2.05) is 36.4 Å². The van der Waals surface area contributed by atoms with Crippen molar-refractivity contribution in [3.05, 3.63) is 56.5 Å². The van der Waals surface area contributed by atoms with Crippen LogP contribution in [0.2, 0.25) is 0 Å². The number of rotatable bonds is 2. The molecule has 3 nitrogen and oxygen atoms in total. The minimum absolute atomic E-state index is 0.0747. The zero-order valence-corrected chi connectivity index (χ0v) is 14.4. The summed E-state index contributed by atoms with van der Waals surface area (Å²) in [5.41, 5.74) is 3.68. The Morgan fingerprint density at radius 3 is 2.90 bits per heavy atom. The lowest BCUT2D eigenvalue weighted by molar-refractivity contribution is 0.102. The van der Waals surface area contributed by atoms with Crippen LogP contribution in [0.15, 0.2) is 45.3 Å². The molecule has 0 bridgehead atoms. The summed E-state index contributed by atoms with van der Waals surface area (Å²) in [5.74, 6) is -0.0747. The van der Waals surface area contributed by atoms with E-state index in [2.05, 4.69) is 42.5 Å². The summed E-state index contributed by atoms with van der Waals surface area (Å²) in [6.45, 7) is 0.968. The first-order chi connectivity index (χ1) is 10.1. The molecule has 2 aromatic rings. The van der Waals surface area contributed by atoms with Crippen LogP contribution in [-0.2, 0) is 6.42 Å². The fourth-order valence-electron chi connectivity index (χ4n) is 2.51. The molecule has 21 heavy (non-hydrogen) atoms. The lowest BCUT2D eigenvalue weighted by atomic mass is 9.97. The Morgan fingerprint density at radius 1 is 1.19 bits per heavy atom. The number of anilines is 2. The molecular weight excluding hydrogens is 396 g/mol. The van der Waals surface area contributed by atoms with E-state index in [1.165, 1.54) is 0 Å². The first kappa shape index (κ1) is 14.6. The average molecular weight is 410 g/mol. The minimum Gasteiger partial charge on any atom is -0.385 e. The third kappa shape index (κ3) is 3.14. The molecule has 1 aliphatic heterocycles. The number of hydrogen-bond acceptors (Lipinski definition) is 2. The molecule has 2 aromatic carbocycles. The van der Waals surface area contributed by atoms with Crippen molar-refractivity contribution < 1.29 is 4.79 Å². The SMILES string of the molecule is O=C(Nc1cc(Br)ccc1Br)c1cccc2c1CCCN2. The molecule has 0 fully saturated rings. The van der Waals surface area contributed by atoms with E-state index < -0.39 is 0 Å². The van der Waals surface area contributed by atoms with Gasteiger partial charge in [0.15, 0.2) is 0 Å². The second-order valence-electron chi connectivity index (χ2n) is 4.94. The molecule has 0 spiro atoms. The maximum atomic E-state index is 12.6. The molecule has 0 saturated carbocycles. The number of amides is 1. The van der Waals surface area contributed by atoms with Crippen molar-refractivity contribution in [3.8, 4) is 0 Å². The Bertz CT molecular complexity index is 701. The van der Waals surface area contributed by atoms with Crippen molar-refractivity contribution >= 4 is 49.1 Å². The Balaban J connectivity index is 1.91. The van der Waals surface area contributed by atoms with Crippen LogP contribution < -0.4 is 10.6 Å². The molecule has 1 amide bonds. The van der Waals surface area contributed by atoms with Crippen molar-refractivity contribution in [2.45, 2.75) is 12.8 Å². The van der Waals surface area contributed by atoms with Crippen LogP contribution in [0.3, 0.4) is 0 Å². The van der Waals surface area contributed by atoms with E-state index in [-0.39, 0.29) is 5.91 Å².